The SMILES string of the molecule is C(=COC=CCCN1CCCCC1)CCN1CCCCC1. The minimum atomic E-state index is 1.10. The Hall–Kier alpha value is -0.800. The van der Waals surface area contributed by atoms with E-state index in [2.05, 4.69) is 22.0 Å². The van der Waals surface area contributed by atoms with Gasteiger partial charge < -0.3 is 14.5 Å². The molecule has 2 saturated heterocycles. The van der Waals surface area contributed by atoms with Crippen LogP contribution in [0.25, 0.3) is 0 Å². The number of hydrogen-bond donors (Lipinski definition) is 0. The van der Waals surface area contributed by atoms with Crippen LogP contribution >= 0.6 is 0 Å². The Labute approximate surface area is 130 Å². The largest absolute Gasteiger partial charge is 0.473 e. The van der Waals surface area contributed by atoms with Crippen LogP contribution in [0.15, 0.2) is 24.7 Å². The van der Waals surface area contributed by atoms with Crippen LogP contribution in [-0.4, -0.2) is 49.1 Å². The summed E-state index contributed by atoms with van der Waals surface area (Å²) in [5.41, 5.74) is 0. The smallest absolute Gasteiger partial charge is 0.0861 e. The van der Waals surface area contributed by atoms with Crippen molar-refractivity contribution in [3.8, 4) is 0 Å². The predicted molar refractivity (Wildman–Crippen MR) is 89.2 cm³/mol. The molecule has 0 aromatic carbocycles. The summed E-state index contributed by atoms with van der Waals surface area (Å²) in [5, 5.41) is 0. The number of hydrogen-bond acceptors (Lipinski definition) is 3. The van der Waals surface area contributed by atoms with Gasteiger partial charge in [-0.1, -0.05) is 12.8 Å². The first-order chi connectivity index (χ1) is 10.4. The lowest BCUT2D eigenvalue weighted by Gasteiger charge is -2.25. The van der Waals surface area contributed by atoms with Gasteiger partial charge >= 0.3 is 0 Å². The topological polar surface area (TPSA) is 15.7 Å². The van der Waals surface area contributed by atoms with Gasteiger partial charge in [-0.3, -0.25) is 0 Å². The second kappa shape index (κ2) is 10.9. The highest BCUT2D eigenvalue weighted by Crippen LogP contribution is 2.09. The molecule has 0 saturated carbocycles. The number of piperidine rings is 2. The first-order valence-corrected chi connectivity index (χ1v) is 8.85. The Balaban J connectivity index is 1.42. The van der Waals surface area contributed by atoms with Crippen molar-refractivity contribution in [1.82, 2.24) is 9.80 Å². The molecule has 2 heterocycles. The molecule has 0 atom stereocenters. The van der Waals surface area contributed by atoms with Gasteiger partial charge in [0.1, 0.15) is 0 Å². The lowest BCUT2D eigenvalue weighted by atomic mass is 10.1. The molecule has 2 fully saturated rings. The van der Waals surface area contributed by atoms with Crippen molar-refractivity contribution < 1.29 is 4.74 Å². The lowest BCUT2D eigenvalue weighted by molar-refractivity contribution is 0.231. The predicted octanol–water partition coefficient (Wildman–Crippen LogP) is 3.78. The molecule has 0 N–H and O–H groups in total. The van der Waals surface area contributed by atoms with E-state index in [9.17, 15) is 0 Å². The molecule has 3 heteroatoms. The zero-order valence-corrected chi connectivity index (χ0v) is 13.5. The van der Waals surface area contributed by atoms with Crippen LogP contribution in [0.3, 0.4) is 0 Å². The summed E-state index contributed by atoms with van der Waals surface area (Å²) in [6, 6.07) is 0. The molecule has 0 spiro atoms. The molecular formula is C18H32N2O. The molecule has 0 unspecified atom stereocenters. The van der Waals surface area contributed by atoms with E-state index in [0.29, 0.717) is 0 Å². The van der Waals surface area contributed by atoms with Crippen molar-refractivity contribution in [2.45, 2.75) is 51.4 Å². The Morgan fingerprint density at radius 3 is 1.48 bits per heavy atom. The molecule has 0 aliphatic carbocycles. The van der Waals surface area contributed by atoms with Crippen molar-refractivity contribution >= 4 is 0 Å². The maximum absolute atomic E-state index is 5.41. The Morgan fingerprint density at radius 2 is 1.05 bits per heavy atom. The van der Waals surface area contributed by atoms with E-state index in [1.165, 1.54) is 77.8 Å². The molecule has 0 aromatic heterocycles. The molecule has 2 aliphatic heterocycles. The summed E-state index contributed by atoms with van der Waals surface area (Å²) in [6.07, 6.45) is 18.5. The molecule has 0 bridgehead atoms. The fourth-order valence-electron chi connectivity index (χ4n) is 3.17. The van der Waals surface area contributed by atoms with Gasteiger partial charge in [-0.15, -0.1) is 0 Å². The Kier molecular flexibility index (Phi) is 8.57. The van der Waals surface area contributed by atoms with E-state index in [-0.39, 0.29) is 0 Å². The number of likely N-dealkylation sites (tertiary alicyclic amines) is 2. The summed E-state index contributed by atoms with van der Waals surface area (Å²) < 4.78 is 5.41. The molecule has 120 valence electrons. The zero-order valence-electron chi connectivity index (χ0n) is 13.5. The minimum absolute atomic E-state index is 1.10. The standard InChI is InChI=1S/C18H32N2O/c1-3-11-19(12-4-1)15-7-9-17-21-18-10-8-16-20-13-5-2-6-14-20/h9-10,17-18H,1-8,11-16H2. The normalized spacial score (nSPS) is 22.3. The third kappa shape index (κ3) is 7.68. The second-order valence-corrected chi connectivity index (χ2v) is 6.26. The van der Waals surface area contributed by atoms with E-state index in [4.69, 9.17) is 4.74 Å². The molecule has 0 aromatic rings. The lowest BCUT2D eigenvalue weighted by Crippen LogP contribution is -2.30. The summed E-state index contributed by atoms with van der Waals surface area (Å²) in [7, 11) is 0. The highest BCUT2D eigenvalue weighted by Gasteiger charge is 2.08. The summed E-state index contributed by atoms with van der Waals surface area (Å²) in [6.45, 7) is 7.49. The first kappa shape index (κ1) is 16.6. The third-order valence-electron chi connectivity index (χ3n) is 4.47. The molecule has 3 nitrogen and oxygen atoms in total. The van der Waals surface area contributed by atoms with E-state index >= 15 is 0 Å². The monoisotopic (exact) mass is 292 g/mol. The van der Waals surface area contributed by atoms with Gasteiger partial charge in [-0.25, -0.2) is 0 Å². The van der Waals surface area contributed by atoms with E-state index < -0.39 is 0 Å². The van der Waals surface area contributed by atoms with Gasteiger partial charge in [0.25, 0.3) is 0 Å². The maximum Gasteiger partial charge on any atom is 0.0861 e. The first-order valence-electron chi connectivity index (χ1n) is 8.85. The molecule has 0 radical (unpaired) electrons. The van der Waals surface area contributed by atoms with E-state index in [0.717, 1.165) is 12.8 Å². The fraction of sp³-hybridized carbons (Fsp3) is 0.778. The number of nitrogens with zero attached hydrogens (tertiary/aromatic N) is 2. The minimum Gasteiger partial charge on any atom is -0.473 e. The van der Waals surface area contributed by atoms with Crippen LogP contribution in [0.4, 0.5) is 0 Å². The van der Waals surface area contributed by atoms with Crippen LogP contribution in [0.5, 0.6) is 0 Å². The molecule has 2 rings (SSSR count). The third-order valence-corrected chi connectivity index (χ3v) is 4.47. The summed E-state index contributed by atoms with van der Waals surface area (Å²) in [5.74, 6) is 0. The molecular weight excluding hydrogens is 260 g/mol. The van der Waals surface area contributed by atoms with Crippen molar-refractivity contribution in [3.05, 3.63) is 24.7 Å². The van der Waals surface area contributed by atoms with Gasteiger partial charge in [-0.2, -0.15) is 0 Å². The Bertz CT molecular complexity index is 272. The average molecular weight is 292 g/mol. The van der Waals surface area contributed by atoms with Gasteiger partial charge in [0.2, 0.25) is 0 Å². The quantitative estimate of drug-likeness (QED) is 0.633. The number of rotatable bonds is 8. The summed E-state index contributed by atoms with van der Waals surface area (Å²) >= 11 is 0. The highest BCUT2D eigenvalue weighted by atomic mass is 16.5. The second-order valence-electron chi connectivity index (χ2n) is 6.26. The molecule has 2 aliphatic rings. The van der Waals surface area contributed by atoms with Crippen LogP contribution in [0.2, 0.25) is 0 Å². The van der Waals surface area contributed by atoms with Gasteiger partial charge in [0, 0.05) is 13.1 Å². The van der Waals surface area contributed by atoms with E-state index in [1.54, 1.807) is 0 Å². The van der Waals surface area contributed by atoms with Crippen molar-refractivity contribution in [1.29, 1.82) is 0 Å². The van der Waals surface area contributed by atoms with Gasteiger partial charge in [0.15, 0.2) is 0 Å². The molecule has 21 heavy (non-hydrogen) atoms. The van der Waals surface area contributed by atoms with Crippen LogP contribution in [-0.2, 0) is 4.74 Å². The van der Waals surface area contributed by atoms with Crippen molar-refractivity contribution in [2.75, 3.05) is 39.3 Å². The van der Waals surface area contributed by atoms with Crippen LogP contribution in [0.1, 0.15) is 51.4 Å². The zero-order chi connectivity index (χ0) is 14.6. The molecule has 0 amide bonds. The Morgan fingerprint density at radius 1 is 0.619 bits per heavy atom. The average Bonchev–Trinajstić information content (AvgIpc) is 2.55. The van der Waals surface area contributed by atoms with Crippen LogP contribution < -0.4 is 0 Å². The van der Waals surface area contributed by atoms with Crippen molar-refractivity contribution in [3.63, 3.8) is 0 Å². The maximum atomic E-state index is 5.41. The van der Waals surface area contributed by atoms with Crippen molar-refractivity contribution in [2.24, 2.45) is 0 Å². The highest BCUT2D eigenvalue weighted by molar-refractivity contribution is 4.82. The van der Waals surface area contributed by atoms with E-state index in [1.807, 2.05) is 12.5 Å². The van der Waals surface area contributed by atoms with Gasteiger partial charge in [0.05, 0.1) is 12.5 Å². The summed E-state index contributed by atoms with van der Waals surface area (Å²) in [4.78, 5) is 5.12. The van der Waals surface area contributed by atoms with Gasteiger partial charge in [-0.05, 0) is 76.9 Å². The fourth-order valence-corrected chi connectivity index (χ4v) is 3.17. The number of ether oxygens (including phenoxy) is 1. The van der Waals surface area contributed by atoms with Crippen LogP contribution in [0, 0.1) is 0 Å².